The number of rotatable bonds is 1. The van der Waals surface area contributed by atoms with Crippen LogP contribution in [0.5, 0.6) is 0 Å². The number of hydrogen-bond acceptors (Lipinski definition) is 3. The summed E-state index contributed by atoms with van der Waals surface area (Å²) in [6.07, 6.45) is 3.68. The molecule has 0 aromatic heterocycles. The molecule has 1 aromatic rings. The molecular weight excluding hydrogens is 345 g/mol. The van der Waals surface area contributed by atoms with Crippen LogP contribution in [0.2, 0.25) is 5.02 Å². The number of halogens is 2. The fraction of sp³-hybridized carbons (Fsp3) is 0.111. The zero-order valence-corrected chi connectivity index (χ0v) is 11.5. The minimum Gasteiger partial charge on any atom is -0.271 e. The van der Waals surface area contributed by atoms with Crippen molar-refractivity contribution in [1.82, 2.24) is 5.32 Å². The first-order chi connectivity index (χ1) is 7.17. The van der Waals surface area contributed by atoms with Gasteiger partial charge in [0.25, 0.3) is 0 Å². The molecule has 0 spiro atoms. The Kier molecular flexibility index (Phi) is 5.22. The number of nitrogens with zero attached hydrogens (tertiary/aromatic N) is 2. The number of hydrogen-bond donors (Lipinski definition) is 1. The number of nitrogens with one attached hydrogen (secondary N) is 1. The average molecular weight is 352 g/mol. The summed E-state index contributed by atoms with van der Waals surface area (Å²) >= 11 is 9.40. The standard InChI is InChI=1S/C9H7ClIN3S/c1-15-9(13-5-12)14-8-4-6(10)2-3-7(8)11/h2-4H,1H3,(H,13,14). The fourth-order valence-corrected chi connectivity index (χ4v) is 1.81. The van der Waals surface area contributed by atoms with Crippen LogP contribution in [0.15, 0.2) is 23.2 Å². The maximum atomic E-state index is 8.49. The lowest BCUT2D eigenvalue weighted by Crippen LogP contribution is -2.12. The monoisotopic (exact) mass is 351 g/mol. The number of aliphatic imine (C=N–C) groups is 1. The van der Waals surface area contributed by atoms with Gasteiger partial charge in [-0.15, -0.1) is 0 Å². The van der Waals surface area contributed by atoms with Crippen LogP contribution in [0.3, 0.4) is 0 Å². The highest BCUT2D eigenvalue weighted by atomic mass is 127. The molecule has 0 saturated heterocycles. The summed E-state index contributed by atoms with van der Waals surface area (Å²) in [5.41, 5.74) is 0.759. The van der Waals surface area contributed by atoms with Gasteiger partial charge >= 0.3 is 0 Å². The molecule has 0 aliphatic carbocycles. The number of thioether (sulfide) groups is 1. The molecule has 0 radical (unpaired) electrons. The topological polar surface area (TPSA) is 48.2 Å². The van der Waals surface area contributed by atoms with E-state index in [1.54, 1.807) is 12.1 Å². The van der Waals surface area contributed by atoms with E-state index >= 15 is 0 Å². The van der Waals surface area contributed by atoms with Gasteiger partial charge in [0.15, 0.2) is 11.4 Å². The number of amidine groups is 1. The SMILES string of the molecule is CSC(=Nc1cc(Cl)ccc1I)NC#N. The molecule has 1 aromatic carbocycles. The van der Waals surface area contributed by atoms with Crippen molar-refractivity contribution in [2.24, 2.45) is 4.99 Å². The molecule has 78 valence electrons. The van der Waals surface area contributed by atoms with E-state index in [4.69, 9.17) is 16.9 Å². The van der Waals surface area contributed by atoms with E-state index in [-0.39, 0.29) is 0 Å². The van der Waals surface area contributed by atoms with E-state index in [0.717, 1.165) is 9.26 Å². The van der Waals surface area contributed by atoms with Crippen molar-refractivity contribution in [2.75, 3.05) is 6.26 Å². The van der Waals surface area contributed by atoms with E-state index in [1.165, 1.54) is 11.8 Å². The van der Waals surface area contributed by atoms with Crippen LogP contribution in [0.25, 0.3) is 0 Å². The molecular formula is C9H7ClIN3S. The lowest BCUT2D eigenvalue weighted by molar-refractivity contribution is 1.28. The Morgan fingerprint density at radius 1 is 1.67 bits per heavy atom. The van der Waals surface area contributed by atoms with Gasteiger partial charge in [0.1, 0.15) is 0 Å². The Labute approximate surface area is 111 Å². The minimum atomic E-state index is 0.553. The van der Waals surface area contributed by atoms with Crippen LogP contribution in [0.1, 0.15) is 0 Å². The molecule has 1 N–H and O–H groups in total. The molecule has 0 unspecified atom stereocenters. The van der Waals surface area contributed by atoms with Crippen molar-refractivity contribution in [2.45, 2.75) is 0 Å². The van der Waals surface area contributed by atoms with Crippen LogP contribution >= 0.6 is 46.0 Å². The van der Waals surface area contributed by atoms with Gasteiger partial charge in [-0.25, -0.2) is 4.99 Å². The Balaban J connectivity index is 3.05. The van der Waals surface area contributed by atoms with Gasteiger partial charge in [0.05, 0.1) is 5.69 Å². The van der Waals surface area contributed by atoms with Gasteiger partial charge in [-0.3, -0.25) is 5.32 Å². The summed E-state index contributed by atoms with van der Waals surface area (Å²) in [6, 6.07) is 5.45. The van der Waals surface area contributed by atoms with Crippen LogP contribution < -0.4 is 5.32 Å². The zero-order chi connectivity index (χ0) is 11.3. The Hall–Kier alpha value is -0.450. The highest BCUT2D eigenvalue weighted by Crippen LogP contribution is 2.25. The van der Waals surface area contributed by atoms with Crippen LogP contribution in [-0.4, -0.2) is 11.4 Å². The predicted octanol–water partition coefficient (Wildman–Crippen LogP) is 3.37. The molecule has 3 nitrogen and oxygen atoms in total. The van der Waals surface area contributed by atoms with Gasteiger partial charge in [0.2, 0.25) is 0 Å². The maximum absolute atomic E-state index is 8.49. The molecule has 0 aliphatic rings. The van der Waals surface area contributed by atoms with Crippen LogP contribution in [0.4, 0.5) is 5.69 Å². The predicted molar refractivity (Wildman–Crippen MR) is 73.5 cm³/mol. The van der Waals surface area contributed by atoms with Crippen molar-refractivity contribution < 1.29 is 0 Å². The molecule has 1 rings (SSSR count). The second-order valence-corrected chi connectivity index (χ2v) is 4.85. The van der Waals surface area contributed by atoms with E-state index in [9.17, 15) is 0 Å². The van der Waals surface area contributed by atoms with Crippen molar-refractivity contribution in [3.8, 4) is 6.19 Å². The zero-order valence-electron chi connectivity index (χ0n) is 7.79. The van der Waals surface area contributed by atoms with E-state index < -0.39 is 0 Å². The smallest absolute Gasteiger partial charge is 0.183 e. The Bertz CT molecular complexity index is 428. The van der Waals surface area contributed by atoms with E-state index in [2.05, 4.69) is 32.9 Å². The molecule has 6 heteroatoms. The normalized spacial score (nSPS) is 10.9. The first-order valence-corrected chi connectivity index (χ1v) is 6.58. The summed E-state index contributed by atoms with van der Waals surface area (Å²) in [6.45, 7) is 0. The first-order valence-electron chi connectivity index (χ1n) is 3.90. The molecule has 0 atom stereocenters. The molecule has 0 amide bonds. The number of benzene rings is 1. The maximum Gasteiger partial charge on any atom is 0.183 e. The first kappa shape index (κ1) is 12.6. The second kappa shape index (κ2) is 6.20. The van der Waals surface area contributed by atoms with Gasteiger partial charge in [-0.1, -0.05) is 23.4 Å². The molecule has 0 aliphatic heterocycles. The van der Waals surface area contributed by atoms with Crippen molar-refractivity contribution in [3.63, 3.8) is 0 Å². The average Bonchev–Trinajstić information content (AvgIpc) is 2.22. The highest BCUT2D eigenvalue weighted by molar-refractivity contribution is 14.1. The molecule has 0 saturated carbocycles. The molecule has 0 bridgehead atoms. The second-order valence-electron chi connectivity index (χ2n) is 2.45. The lowest BCUT2D eigenvalue weighted by atomic mass is 10.3. The molecule has 15 heavy (non-hydrogen) atoms. The van der Waals surface area contributed by atoms with Gasteiger partial charge in [-0.2, -0.15) is 5.26 Å². The quantitative estimate of drug-likeness (QED) is 0.277. The summed E-state index contributed by atoms with van der Waals surface area (Å²) in [7, 11) is 0. The fourth-order valence-electron chi connectivity index (χ4n) is 0.853. The lowest BCUT2D eigenvalue weighted by Gasteiger charge is -2.02. The molecule has 0 heterocycles. The summed E-state index contributed by atoms with van der Waals surface area (Å²) < 4.78 is 0.989. The summed E-state index contributed by atoms with van der Waals surface area (Å²) in [4.78, 5) is 4.28. The van der Waals surface area contributed by atoms with E-state index in [0.29, 0.717) is 10.2 Å². The third kappa shape index (κ3) is 3.89. The van der Waals surface area contributed by atoms with Crippen molar-refractivity contribution in [1.29, 1.82) is 5.26 Å². The van der Waals surface area contributed by atoms with E-state index in [1.807, 2.05) is 18.5 Å². The Morgan fingerprint density at radius 2 is 2.40 bits per heavy atom. The van der Waals surface area contributed by atoms with Crippen molar-refractivity contribution in [3.05, 3.63) is 26.8 Å². The van der Waals surface area contributed by atoms with Crippen LogP contribution in [-0.2, 0) is 0 Å². The van der Waals surface area contributed by atoms with Gasteiger partial charge < -0.3 is 0 Å². The minimum absolute atomic E-state index is 0.553. The highest BCUT2D eigenvalue weighted by Gasteiger charge is 2.01. The van der Waals surface area contributed by atoms with Gasteiger partial charge in [0, 0.05) is 8.59 Å². The summed E-state index contributed by atoms with van der Waals surface area (Å²) in [5, 5.41) is 12.2. The van der Waals surface area contributed by atoms with Crippen molar-refractivity contribution >= 4 is 56.8 Å². The number of nitriles is 1. The third-order valence-electron chi connectivity index (χ3n) is 1.49. The van der Waals surface area contributed by atoms with Crippen LogP contribution in [0, 0.1) is 15.0 Å². The Morgan fingerprint density at radius 3 is 3.00 bits per heavy atom. The summed E-state index contributed by atoms with van der Waals surface area (Å²) in [5.74, 6) is 0. The van der Waals surface area contributed by atoms with Gasteiger partial charge in [-0.05, 0) is 47.0 Å². The molecule has 0 fully saturated rings. The largest absolute Gasteiger partial charge is 0.271 e. The third-order valence-corrected chi connectivity index (χ3v) is 3.21.